The van der Waals surface area contributed by atoms with Crippen LogP contribution in [-0.4, -0.2) is 15.9 Å². The number of carbonyl (C=O) groups is 1. The van der Waals surface area contributed by atoms with Crippen LogP contribution in [0.15, 0.2) is 42.6 Å². The van der Waals surface area contributed by atoms with Gasteiger partial charge in [0, 0.05) is 11.4 Å². The van der Waals surface area contributed by atoms with Gasteiger partial charge in [-0.2, -0.15) is 0 Å². The van der Waals surface area contributed by atoms with E-state index in [4.69, 9.17) is 39.4 Å². The number of aromatic amines is 1. The number of amides is 1. The number of ether oxygens (including phenoxy) is 1. The Labute approximate surface area is 153 Å². The Hall–Kier alpha value is -2.70. The SMILES string of the molecule is NC(=O)c1cnc(Cc2cc(N)c(Oc3ccc(Cl)cc3)c(Cl)c2)[nH]1. The molecule has 0 unspecified atom stereocenters. The predicted octanol–water partition coefficient (Wildman–Crippen LogP) is 3.78. The Morgan fingerprint density at radius 1 is 1.20 bits per heavy atom. The molecule has 0 atom stereocenters. The number of rotatable bonds is 5. The van der Waals surface area contributed by atoms with Crippen LogP contribution in [0.25, 0.3) is 0 Å². The third-order valence-electron chi connectivity index (χ3n) is 3.43. The van der Waals surface area contributed by atoms with Crippen LogP contribution in [0.1, 0.15) is 21.9 Å². The fourth-order valence-corrected chi connectivity index (χ4v) is 2.69. The molecule has 2 aromatic carbocycles. The third-order valence-corrected chi connectivity index (χ3v) is 3.96. The van der Waals surface area contributed by atoms with Gasteiger partial charge >= 0.3 is 0 Å². The molecule has 6 nitrogen and oxygen atoms in total. The smallest absolute Gasteiger partial charge is 0.266 e. The van der Waals surface area contributed by atoms with Gasteiger partial charge in [0.25, 0.3) is 5.91 Å². The second-order valence-corrected chi connectivity index (χ2v) is 6.18. The van der Waals surface area contributed by atoms with E-state index in [1.165, 1.54) is 6.20 Å². The second kappa shape index (κ2) is 7.04. The standard InChI is InChI=1S/C17H14Cl2N4O2/c18-10-1-3-11(4-2-10)25-16-12(19)5-9(6-13(16)20)7-15-22-8-14(23-15)17(21)24/h1-6,8H,7,20H2,(H2,21,24)(H,22,23). The molecule has 5 N–H and O–H groups in total. The Morgan fingerprint density at radius 3 is 2.52 bits per heavy atom. The van der Waals surface area contributed by atoms with Crippen molar-refractivity contribution in [2.45, 2.75) is 6.42 Å². The first-order valence-corrected chi connectivity index (χ1v) is 8.03. The van der Waals surface area contributed by atoms with Gasteiger partial charge in [0.2, 0.25) is 0 Å². The number of nitrogens with two attached hydrogens (primary N) is 2. The number of primary amides is 1. The monoisotopic (exact) mass is 376 g/mol. The van der Waals surface area contributed by atoms with E-state index in [1.54, 1.807) is 36.4 Å². The molecule has 0 spiro atoms. The maximum atomic E-state index is 11.1. The molecule has 0 aliphatic rings. The van der Waals surface area contributed by atoms with Crippen molar-refractivity contribution in [2.75, 3.05) is 5.73 Å². The molecule has 0 fully saturated rings. The van der Waals surface area contributed by atoms with Crippen molar-refractivity contribution in [1.82, 2.24) is 9.97 Å². The number of anilines is 1. The molecule has 25 heavy (non-hydrogen) atoms. The van der Waals surface area contributed by atoms with Crippen LogP contribution < -0.4 is 16.2 Å². The molecule has 1 heterocycles. The summed E-state index contributed by atoms with van der Waals surface area (Å²) in [6.45, 7) is 0. The fourth-order valence-electron chi connectivity index (χ4n) is 2.27. The molecule has 0 radical (unpaired) electrons. The molecule has 3 aromatic rings. The van der Waals surface area contributed by atoms with E-state index in [1.807, 2.05) is 0 Å². The van der Waals surface area contributed by atoms with Gasteiger partial charge in [-0.1, -0.05) is 23.2 Å². The maximum absolute atomic E-state index is 11.1. The summed E-state index contributed by atoms with van der Waals surface area (Å²) in [6, 6.07) is 10.3. The highest BCUT2D eigenvalue weighted by Gasteiger charge is 2.12. The lowest BCUT2D eigenvalue weighted by atomic mass is 10.1. The van der Waals surface area contributed by atoms with Gasteiger partial charge in [0.05, 0.1) is 16.9 Å². The van der Waals surface area contributed by atoms with Gasteiger partial charge < -0.3 is 21.2 Å². The second-order valence-electron chi connectivity index (χ2n) is 5.34. The van der Waals surface area contributed by atoms with Crippen molar-refractivity contribution < 1.29 is 9.53 Å². The molecule has 0 saturated heterocycles. The van der Waals surface area contributed by atoms with Gasteiger partial charge in [0.15, 0.2) is 5.75 Å². The summed E-state index contributed by atoms with van der Waals surface area (Å²) in [7, 11) is 0. The molecule has 0 bridgehead atoms. The normalized spacial score (nSPS) is 10.6. The Bertz CT molecular complexity index is 900. The first-order chi connectivity index (χ1) is 11.9. The summed E-state index contributed by atoms with van der Waals surface area (Å²) in [5.74, 6) is 0.950. The minimum absolute atomic E-state index is 0.247. The lowest BCUT2D eigenvalue weighted by Crippen LogP contribution is -2.11. The van der Waals surface area contributed by atoms with Crippen LogP contribution in [0.3, 0.4) is 0 Å². The van der Waals surface area contributed by atoms with Crippen LogP contribution in [0, 0.1) is 0 Å². The number of imidazole rings is 1. The first-order valence-electron chi connectivity index (χ1n) is 7.27. The minimum atomic E-state index is -0.567. The van der Waals surface area contributed by atoms with Gasteiger partial charge in [-0.05, 0) is 42.0 Å². The lowest BCUT2D eigenvalue weighted by molar-refractivity contribution is 0.0996. The first kappa shape index (κ1) is 17.1. The number of H-pyrrole nitrogens is 1. The van der Waals surface area contributed by atoms with E-state index >= 15 is 0 Å². The molecule has 128 valence electrons. The van der Waals surface area contributed by atoms with Crippen molar-refractivity contribution in [3.8, 4) is 11.5 Å². The topological polar surface area (TPSA) is 107 Å². The largest absolute Gasteiger partial charge is 0.454 e. The Balaban J connectivity index is 1.81. The van der Waals surface area contributed by atoms with Gasteiger partial charge in [-0.15, -0.1) is 0 Å². The molecule has 1 amide bonds. The Morgan fingerprint density at radius 2 is 1.92 bits per heavy atom. The van der Waals surface area contributed by atoms with Crippen molar-refractivity contribution in [2.24, 2.45) is 5.73 Å². The number of nitrogens with zero attached hydrogens (tertiary/aromatic N) is 1. The van der Waals surface area contributed by atoms with Crippen LogP contribution in [0.4, 0.5) is 5.69 Å². The molecular weight excluding hydrogens is 363 g/mol. The molecular formula is C17H14Cl2N4O2. The predicted molar refractivity (Wildman–Crippen MR) is 97.3 cm³/mol. The van der Waals surface area contributed by atoms with E-state index in [0.29, 0.717) is 39.5 Å². The fraction of sp³-hybridized carbons (Fsp3) is 0.0588. The summed E-state index contributed by atoms with van der Waals surface area (Å²) in [4.78, 5) is 18.1. The average Bonchev–Trinajstić information content (AvgIpc) is 3.01. The summed E-state index contributed by atoms with van der Waals surface area (Å²) in [5, 5.41) is 0.974. The molecule has 0 saturated carbocycles. The van der Waals surface area contributed by atoms with Crippen LogP contribution in [-0.2, 0) is 6.42 Å². The number of hydrogen-bond donors (Lipinski definition) is 3. The van der Waals surface area contributed by atoms with Gasteiger partial charge in [-0.25, -0.2) is 4.98 Å². The number of halogens is 2. The number of nitrogens with one attached hydrogen (secondary N) is 1. The van der Waals surface area contributed by atoms with E-state index in [2.05, 4.69) is 9.97 Å². The highest BCUT2D eigenvalue weighted by atomic mass is 35.5. The zero-order chi connectivity index (χ0) is 18.0. The van der Waals surface area contributed by atoms with E-state index in [9.17, 15) is 4.79 Å². The highest BCUT2D eigenvalue weighted by molar-refractivity contribution is 6.32. The molecule has 1 aromatic heterocycles. The quantitative estimate of drug-likeness (QED) is 0.588. The number of nitrogen functional groups attached to an aromatic ring is 1. The third kappa shape index (κ3) is 4.04. The van der Waals surface area contributed by atoms with Gasteiger partial charge in [0.1, 0.15) is 17.3 Å². The van der Waals surface area contributed by atoms with Crippen molar-refractivity contribution in [3.05, 3.63) is 69.7 Å². The summed E-state index contributed by atoms with van der Waals surface area (Å²) in [6.07, 6.45) is 1.80. The number of aromatic nitrogens is 2. The van der Waals surface area contributed by atoms with E-state index in [0.717, 1.165) is 5.56 Å². The molecule has 8 heteroatoms. The number of carbonyl (C=O) groups excluding carboxylic acids is 1. The maximum Gasteiger partial charge on any atom is 0.266 e. The minimum Gasteiger partial charge on any atom is -0.454 e. The highest BCUT2D eigenvalue weighted by Crippen LogP contribution is 2.36. The summed E-state index contributed by atoms with van der Waals surface area (Å²) >= 11 is 12.2. The van der Waals surface area contributed by atoms with E-state index < -0.39 is 5.91 Å². The van der Waals surface area contributed by atoms with Gasteiger partial charge in [-0.3, -0.25) is 4.79 Å². The van der Waals surface area contributed by atoms with Crippen molar-refractivity contribution in [1.29, 1.82) is 0 Å². The summed E-state index contributed by atoms with van der Waals surface area (Å²) < 4.78 is 5.74. The lowest BCUT2D eigenvalue weighted by Gasteiger charge is -2.12. The number of benzene rings is 2. The zero-order valence-electron chi connectivity index (χ0n) is 12.9. The summed E-state index contributed by atoms with van der Waals surface area (Å²) in [5.41, 5.74) is 12.7. The number of hydrogen-bond acceptors (Lipinski definition) is 4. The molecule has 0 aliphatic heterocycles. The van der Waals surface area contributed by atoms with Crippen molar-refractivity contribution >= 4 is 34.8 Å². The molecule has 0 aliphatic carbocycles. The van der Waals surface area contributed by atoms with E-state index in [-0.39, 0.29) is 5.69 Å². The van der Waals surface area contributed by atoms with Crippen molar-refractivity contribution in [3.63, 3.8) is 0 Å². The van der Waals surface area contributed by atoms with Crippen LogP contribution >= 0.6 is 23.2 Å². The zero-order valence-corrected chi connectivity index (χ0v) is 14.4. The average molecular weight is 377 g/mol. The van der Waals surface area contributed by atoms with Crippen LogP contribution in [0.5, 0.6) is 11.5 Å². The van der Waals surface area contributed by atoms with Crippen LogP contribution in [0.2, 0.25) is 10.0 Å². The Kier molecular flexibility index (Phi) is 4.83. The molecule has 3 rings (SSSR count).